The van der Waals surface area contributed by atoms with E-state index in [4.69, 9.17) is 14.4 Å². The van der Waals surface area contributed by atoms with Crippen LogP contribution in [-0.4, -0.2) is 12.2 Å². The Balaban J connectivity index is 1.94. The summed E-state index contributed by atoms with van der Waals surface area (Å²) in [5.41, 5.74) is 1.50. The van der Waals surface area contributed by atoms with Crippen LogP contribution in [0.1, 0.15) is 16.9 Å². The van der Waals surface area contributed by atoms with Gasteiger partial charge in [0.05, 0.1) is 29.7 Å². The molecule has 6 heteroatoms. The van der Waals surface area contributed by atoms with Crippen LogP contribution in [0.3, 0.4) is 0 Å². The molecule has 4 rings (SSSR count). The zero-order valence-electron chi connectivity index (χ0n) is 16.4. The minimum Gasteiger partial charge on any atom is -0.504 e. The summed E-state index contributed by atoms with van der Waals surface area (Å²) in [6.45, 7) is 0. The standard InChI is InChI=1S/C25H16FNO4/c1-30-21-4-2-3-17(24(21)28)9-12-20-23(16-7-5-15(14-27)6-8-16)25(29)19-11-10-18(26)13-22(19)31-20/h2-13,28H,1H3/b12-9+. The maximum absolute atomic E-state index is 13.7. The summed E-state index contributed by atoms with van der Waals surface area (Å²) in [4.78, 5) is 13.2. The van der Waals surface area contributed by atoms with Crippen molar-refractivity contribution < 1.29 is 18.7 Å². The molecule has 0 spiro atoms. The molecule has 1 heterocycles. The van der Waals surface area contributed by atoms with E-state index in [2.05, 4.69) is 0 Å². The first-order valence-corrected chi connectivity index (χ1v) is 9.33. The van der Waals surface area contributed by atoms with Crippen molar-refractivity contribution in [2.24, 2.45) is 0 Å². The molecule has 31 heavy (non-hydrogen) atoms. The zero-order valence-corrected chi connectivity index (χ0v) is 16.4. The average Bonchev–Trinajstić information content (AvgIpc) is 2.78. The molecular weight excluding hydrogens is 397 g/mol. The highest BCUT2D eigenvalue weighted by Crippen LogP contribution is 2.32. The van der Waals surface area contributed by atoms with Gasteiger partial charge in [-0.1, -0.05) is 24.3 Å². The summed E-state index contributed by atoms with van der Waals surface area (Å²) in [5, 5.41) is 19.6. The molecule has 152 valence electrons. The van der Waals surface area contributed by atoms with E-state index in [1.165, 1.54) is 25.3 Å². The predicted molar refractivity (Wildman–Crippen MR) is 116 cm³/mol. The van der Waals surface area contributed by atoms with E-state index in [0.29, 0.717) is 22.4 Å². The Labute approximate surface area is 176 Å². The van der Waals surface area contributed by atoms with Gasteiger partial charge in [-0.3, -0.25) is 4.79 Å². The number of phenolic OH excluding ortho intramolecular Hbond substituents is 1. The molecule has 5 nitrogen and oxygen atoms in total. The number of fused-ring (bicyclic) bond motifs is 1. The third kappa shape index (κ3) is 3.77. The Bertz CT molecular complexity index is 1410. The third-order valence-corrected chi connectivity index (χ3v) is 4.85. The van der Waals surface area contributed by atoms with Gasteiger partial charge in [0.1, 0.15) is 17.2 Å². The van der Waals surface area contributed by atoms with E-state index in [9.17, 15) is 14.3 Å². The Hall–Kier alpha value is -4.37. The summed E-state index contributed by atoms with van der Waals surface area (Å²) < 4.78 is 24.7. The molecule has 0 saturated heterocycles. The Morgan fingerprint density at radius 1 is 1.10 bits per heavy atom. The molecule has 3 aromatic carbocycles. The Morgan fingerprint density at radius 2 is 1.87 bits per heavy atom. The smallest absolute Gasteiger partial charge is 0.201 e. The molecule has 0 aliphatic rings. The van der Waals surface area contributed by atoms with E-state index < -0.39 is 5.82 Å². The lowest BCUT2D eigenvalue weighted by Crippen LogP contribution is -2.07. The molecule has 0 aliphatic heterocycles. The maximum atomic E-state index is 13.7. The number of methoxy groups -OCH3 is 1. The van der Waals surface area contributed by atoms with Gasteiger partial charge in [0.25, 0.3) is 0 Å². The number of rotatable bonds is 4. The van der Waals surface area contributed by atoms with Crippen molar-refractivity contribution in [3.63, 3.8) is 0 Å². The molecule has 0 unspecified atom stereocenters. The molecule has 0 atom stereocenters. The number of aromatic hydroxyl groups is 1. The number of benzene rings is 3. The summed E-state index contributed by atoms with van der Waals surface area (Å²) >= 11 is 0. The first kappa shape index (κ1) is 19.9. The van der Waals surface area contributed by atoms with Crippen LogP contribution in [0.15, 0.2) is 69.9 Å². The number of para-hydroxylation sites is 1. The van der Waals surface area contributed by atoms with Crippen LogP contribution in [0.4, 0.5) is 4.39 Å². The van der Waals surface area contributed by atoms with Crippen LogP contribution < -0.4 is 10.2 Å². The molecule has 0 bridgehead atoms. The molecule has 0 fully saturated rings. The molecule has 0 aliphatic carbocycles. The normalized spacial score (nSPS) is 11.0. The van der Waals surface area contributed by atoms with Crippen LogP contribution in [0.5, 0.6) is 11.5 Å². The van der Waals surface area contributed by atoms with Crippen molar-refractivity contribution in [2.45, 2.75) is 0 Å². The quantitative estimate of drug-likeness (QED) is 0.487. The number of nitrogens with zero attached hydrogens (tertiary/aromatic N) is 1. The minimum absolute atomic E-state index is 0.0599. The molecule has 0 radical (unpaired) electrons. The SMILES string of the molecule is COc1cccc(/C=C/c2oc3cc(F)ccc3c(=O)c2-c2ccc(C#N)cc2)c1O. The number of ether oxygens (including phenoxy) is 1. The second-order valence-corrected chi connectivity index (χ2v) is 6.73. The first-order valence-electron chi connectivity index (χ1n) is 9.33. The fraction of sp³-hybridized carbons (Fsp3) is 0.0400. The van der Waals surface area contributed by atoms with Gasteiger partial charge in [0, 0.05) is 11.6 Å². The number of hydrogen-bond acceptors (Lipinski definition) is 5. The highest BCUT2D eigenvalue weighted by atomic mass is 19.1. The van der Waals surface area contributed by atoms with Crippen molar-refractivity contribution in [3.8, 4) is 28.7 Å². The number of phenols is 1. The van der Waals surface area contributed by atoms with Gasteiger partial charge < -0.3 is 14.3 Å². The van der Waals surface area contributed by atoms with Crippen LogP contribution >= 0.6 is 0 Å². The zero-order chi connectivity index (χ0) is 22.0. The van der Waals surface area contributed by atoms with Gasteiger partial charge in [0.15, 0.2) is 11.5 Å². The van der Waals surface area contributed by atoms with Crippen LogP contribution in [0, 0.1) is 17.1 Å². The summed E-state index contributed by atoms with van der Waals surface area (Å²) in [6, 6.07) is 17.3. The van der Waals surface area contributed by atoms with Crippen LogP contribution in [0.2, 0.25) is 0 Å². The van der Waals surface area contributed by atoms with Gasteiger partial charge in [-0.25, -0.2) is 4.39 Å². The monoisotopic (exact) mass is 413 g/mol. The lowest BCUT2D eigenvalue weighted by Gasteiger charge is -2.09. The highest BCUT2D eigenvalue weighted by molar-refractivity contribution is 5.87. The fourth-order valence-electron chi connectivity index (χ4n) is 3.29. The molecule has 1 aromatic heterocycles. The van der Waals surface area contributed by atoms with Crippen LogP contribution in [-0.2, 0) is 0 Å². The average molecular weight is 413 g/mol. The van der Waals surface area contributed by atoms with Crippen molar-refractivity contribution in [2.75, 3.05) is 7.11 Å². The fourth-order valence-corrected chi connectivity index (χ4v) is 3.29. The van der Waals surface area contributed by atoms with E-state index in [1.54, 1.807) is 48.5 Å². The molecule has 0 saturated carbocycles. The Morgan fingerprint density at radius 3 is 2.58 bits per heavy atom. The predicted octanol–water partition coefficient (Wildman–Crippen LogP) is 5.36. The van der Waals surface area contributed by atoms with E-state index in [-0.39, 0.29) is 33.5 Å². The topological polar surface area (TPSA) is 83.5 Å². The van der Waals surface area contributed by atoms with Crippen LogP contribution in [0.25, 0.3) is 34.2 Å². The summed E-state index contributed by atoms with van der Waals surface area (Å²) in [5.74, 6) is -0.0935. The lowest BCUT2D eigenvalue weighted by molar-refractivity contribution is 0.373. The molecular formula is C25H16FNO4. The van der Waals surface area contributed by atoms with Gasteiger partial charge in [-0.05, 0) is 48.0 Å². The van der Waals surface area contributed by atoms with Gasteiger partial charge in [-0.15, -0.1) is 0 Å². The van der Waals surface area contributed by atoms with Crippen molar-refractivity contribution in [1.29, 1.82) is 5.26 Å². The minimum atomic E-state index is -0.526. The number of halogens is 1. The molecule has 0 amide bonds. The van der Waals surface area contributed by atoms with Gasteiger partial charge in [-0.2, -0.15) is 5.26 Å². The van der Waals surface area contributed by atoms with E-state index in [1.807, 2.05) is 6.07 Å². The number of nitriles is 1. The Kier molecular flexibility index (Phi) is 5.25. The van der Waals surface area contributed by atoms with Gasteiger partial charge in [0.2, 0.25) is 5.43 Å². The van der Waals surface area contributed by atoms with Crippen molar-refractivity contribution in [3.05, 3.63) is 93.6 Å². The van der Waals surface area contributed by atoms with E-state index in [0.717, 1.165) is 6.07 Å². The second kappa shape index (κ2) is 8.17. The third-order valence-electron chi connectivity index (χ3n) is 4.85. The first-order chi connectivity index (χ1) is 15.0. The summed E-state index contributed by atoms with van der Waals surface area (Å²) in [7, 11) is 1.45. The molecule has 4 aromatic rings. The number of hydrogen-bond donors (Lipinski definition) is 1. The largest absolute Gasteiger partial charge is 0.504 e. The van der Waals surface area contributed by atoms with Crippen molar-refractivity contribution >= 4 is 23.1 Å². The van der Waals surface area contributed by atoms with E-state index >= 15 is 0 Å². The highest BCUT2D eigenvalue weighted by Gasteiger charge is 2.16. The molecule has 1 N–H and O–H groups in total. The summed E-state index contributed by atoms with van der Waals surface area (Å²) in [6.07, 6.45) is 3.11. The second-order valence-electron chi connectivity index (χ2n) is 6.73. The van der Waals surface area contributed by atoms with Crippen molar-refractivity contribution in [1.82, 2.24) is 0 Å². The van der Waals surface area contributed by atoms with Gasteiger partial charge >= 0.3 is 0 Å². The maximum Gasteiger partial charge on any atom is 0.201 e. The lowest BCUT2D eigenvalue weighted by atomic mass is 10.00.